The first-order valence-electron chi connectivity index (χ1n) is 13.5. The summed E-state index contributed by atoms with van der Waals surface area (Å²) in [5, 5.41) is 5.99. The van der Waals surface area contributed by atoms with Crippen LogP contribution in [0.15, 0.2) is 134 Å². The molecule has 0 radical (unpaired) electrons. The number of fused-ring (bicyclic) bond motifs is 12. The van der Waals surface area contributed by atoms with Crippen LogP contribution in [-0.4, -0.2) is 18.9 Å². The number of benzene rings is 5. The highest BCUT2D eigenvalue weighted by Gasteiger charge is 2.20. The minimum absolute atomic E-state index is 0.977. The van der Waals surface area contributed by atoms with Crippen LogP contribution in [0.2, 0.25) is 0 Å². The molecule has 5 aromatic carbocycles. The smallest absolute Gasteiger partial charge is 0.146 e. The van der Waals surface area contributed by atoms with Crippen LogP contribution >= 0.6 is 0 Å². The minimum atomic E-state index is 0.977. The molecule has 0 spiro atoms. The largest absolute Gasteiger partial charge is 0.307 e. The Morgan fingerprint density at radius 3 is 2.08 bits per heavy atom. The Kier molecular flexibility index (Phi) is 4.30. The van der Waals surface area contributed by atoms with E-state index in [1.54, 1.807) is 0 Å². The molecule has 4 heteroatoms. The molecule has 0 bridgehead atoms. The molecular formula is C36H22N4. The highest BCUT2D eigenvalue weighted by atomic mass is 15.0. The van der Waals surface area contributed by atoms with Gasteiger partial charge in [0.2, 0.25) is 0 Å². The lowest BCUT2D eigenvalue weighted by Crippen LogP contribution is -1.98. The Bertz CT molecular complexity index is 2430. The van der Waals surface area contributed by atoms with Crippen molar-refractivity contribution in [3.63, 3.8) is 0 Å². The lowest BCUT2D eigenvalue weighted by molar-refractivity contribution is 1.15. The minimum Gasteiger partial charge on any atom is -0.307 e. The lowest BCUT2D eigenvalue weighted by atomic mass is 10.0. The molecule has 0 N–H and O–H groups in total. The molecule has 186 valence electrons. The summed E-state index contributed by atoms with van der Waals surface area (Å²) in [5.74, 6) is 0. The van der Waals surface area contributed by atoms with Gasteiger partial charge in [-0.1, -0.05) is 84.9 Å². The van der Waals surface area contributed by atoms with Gasteiger partial charge in [0, 0.05) is 38.7 Å². The normalized spacial score (nSPS) is 12.0. The Hall–Kier alpha value is -5.48. The predicted molar refractivity (Wildman–Crippen MR) is 165 cm³/mol. The maximum Gasteiger partial charge on any atom is 0.146 e. The molecule has 9 aromatic rings. The first-order valence-corrected chi connectivity index (χ1v) is 13.5. The molecule has 0 saturated carbocycles. The lowest BCUT2D eigenvalue weighted by Gasteiger charge is -2.14. The van der Waals surface area contributed by atoms with Gasteiger partial charge in [-0.2, -0.15) is 0 Å². The molecule has 4 heterocycles. The molecule has 0 aliphatic rings. The number of nitrogens with zero attached hydrogens (tertiary/aromatic N) is 4. The number of hydrogen-bond acceptors (Lipinski definition) is 2. The van der Waals surface area contributed by atoms with Crippen LogP contribution < -0.4 is 0 Å². The third-order valence-electron chi connectivity index (χ3n) is 8.14. The van der Waals surface area contributed by atoms with Gasteiger partial charge in [0.1, 0.15) is 5.65 Å². The fraction of sp³-hybridized carbons (Fsp3) is 0. The van der Waals surface area contributed by atoms with Crippen LogP contribution in [-0.2, 0) is 0 Å². The van der Waals surface area contributed by atoms with E-state index in [0.717, 1.165) is 49.9 Å². The summed E-state index contributed by atoms with van der Waals surface area (Å²) in [4.78, 5) is 9.87. The van der Waals surface area contributed by atoms with Crippen LogP contribution in [0.25, 0.3) is 77.0 Å². The number of rotatable bonds is 2. The van der Waals surface area contributed by atoms with E-state index in [4.69, 9.17) is 9.97 Å². The summed E-state index contributed by atoms with van der Waals surface area (Å²) in [6.07, 6.45) is 3.92. The summed E-state index contributed by atoms with van der Waals surface area (Å²) < 4.78 is 4.70. The van der Waals surface area contributed by atoms with E-state index < -0.39 is 0 Å². The van der Waals surface area contributed by atoms with Crippen molar-refractivity contribution in [2.75, 3.05) is 0 Å². The molecule has 0 aliphatic carbocycles. The van der Waals surface area contributed by atoms with Gasteiger partial charge in [0.05, 0.1) is 39.5 Å². The molecule has 4 aromatic heterocycles. The SMILES string of the molecule is c1ccc(-c2cncc(-n3c4ccccc4c4ccc5c(c6ccccc6n6c7ccccc7nc56)c43)c2)cc1. The van der Waals surface area contributed by atoms with Gasteiger partial charge in [0.25, 0.3) is 0 Å². The first kappa shape index (κ1) is 21.5. The standard InChI is InChI=1S/C36H22N4/c1-2-10-23(11-3-1)24-20-25(22-37-21-24)39-31-15-7-4-12-26(31)27-18-19-29-34(35(27)39)28-13-5-8-16-32(28)40-33-17-9-6-14-30(33)38-36(29)40/h1-22H. The Labute approximate surface area is 229 Å². The van der Waals surface area contributed by atoms with Crippen molar-refractivity contribution in [3.8, 4) is 16.8 Å². The Morgan fingerprint density at radius 1 is 0.500 bits per heavy atom. The Morgan fingerprint density at radius 2 is 1.20 bits per heavy atom. The monoisotopic (exact) mass is 510 g/mol. The van der Waals surface area contributed by atoms with E-state index in [0.29, 0.717) is 0 Å². The van der Waals surface area contributed by atoms with E-state index in [-0.39, 0.29) is 0 Å². The van der Waals surface area contributed by atoms with Crippen molar-refractivity contribution in [3.05, 3.63) is 134 Å². The summed E-state index contributed by atoms with van der Waals surface area (Å²) in [5.41, 5.74) is 9.87. The van der Waals surface area contributed by atoms with Gasteiger partial charge >= 0.3 is 0 Å². The molecule has 40 heavy (non-hydrogen) atoms. The maximum atomic E-state index is 5.15. The molecule has 0 aliphatic heterocycles. The first-order chi connectivity index (χ1) is 19.9. The second kappa shape index (κ2) is 8.01. The number of imidazole rings is 1. The van der Waals surface area contributed by atoms with Crippen LogP contribution in [0, 0.1) is 0 Å². The molecule has 9 rings (SSSR count). The topological polar surface area (TPSA) is 35.1 Å². The van der Waals surface area contributed by atoms with Gasteiger partial charge < -0.3 is 4.57 Å². The van der Waals surface area contributed by atoms with Gasteiger partial charge in [-0.3, -0.25) is 9.38 Å². The van der Waals surface area contributed by atoms with E-state index in [1.807, 2.05) is 18.5 Å². The van der Waals surface area contributed by atoms with Crippen LogP contribution in [0.5, 0.6) is 0 Å². The molecule has 4 nitrogen and oxygen atoms in total. The van der Waals surface area contributed by atoms with Gasteiger partial charge in [-0.05, 0) is 42.0 Å². The zero-order valence-electron chi connectivity index (χ0n) is 21.5. The number of aromatic nitrogens is 4. The third-order valence-corrected chi connectivity index (χ3v) is 8.14. The molecule has 0 atom stereocenters. The quantitative estimate of drug-likeness (QED) is 0.218. The number of para-hydroxylation sites is 4. The summed E-state index contributed by atoms with van der Waals surface area (Å²) >= 11 is 0. The van der Waals surface area contributed by atoms with E-state index in [1.165, 1.54) is 27.1 Å². The fourth-order valence-electron chi connectivity index (χ4n) is 6.45. The van der Waals surface area contributed by atoms with Crippen molar-refractivity contribution < 1.29 is 0 Å². The zero-order valence-corrected chi connectivity index (χ0v) is 21.5. The second-order valence-corrected chi connectivity index (χ2v) is 10.3. The molecule has 0 unspecified atom stereocenters. The van der Waals surface area contributed by atoms with Gasteiger partial charge in [-0.15, -0.1) is 0 Å². The van der Waals surface area contributed by atoms with Crippen molar-refractivity contribution in [2.24, 2.45) is 0 Å². The summed E-state index contributed by atoms with van der Waals surface area (Å²) in [6.45, 7) is 0. The maximum absolute atomic E-state index is 5.15. The van der Waals surface area contributed by atoms with Gasteiger partial charge in [0.15, 0.2) is 0 Å². The van der Waals surface area contributed by atoms with Crippen LogP contribution in [0.3, 0.4) is 0 Å². The van der Waals surface area contributed by atoms with E-state index in [2.05, 4.69) is 124 Å². The second-order valence-electron chi connectivity index (χ2n) is 10.3. The highest BCUT2D eigenvalue weighted by Crippen LogP contribution is 2.41. The number of hydrogen-bond donors (Lipinski definition) is 0. The summed E-state index contributed by atoms with van der Waals surface area (Å²) in [7, 11) is 0. The Balaban J connectivity index is 1.51. The average molecular weight is 511 g/mol. The highest BCUT2D eigenvalue weighted by molar-refractivity contribution is 6.27. The van der Waals surface area contributed by atoms with Gasteiger partial charge in [-0.25, -0.2) is 4.98 Å². The van der Waals surface area contributed by atoms with Crippen molar-refractivity contribution in [2.45, 2.75) is 0 Å². The summed E-state index contributed by atoms with van der Waals surface area (Å²) in [6, 6.07) is 43.0. The average Bonchev–Trinajstić information content (AvgIpc) is 3.58. The fourth-order valence-corrected chi connectivity index (χ4v) is 6.45. The van der Waals surface area contributed by atoms with Crippen molar-refractivity contribution >= 4 is 60.2 Å². The zero-order chi connectivity index (χ0) is 26.2. The molecule has 0 fully saturated rings. The van der Waals surface area contributed by atoms with E-state index >= 15 is 0 Å². The molecular weight excluding hydrogens is 488 g/mol. The molecule has 0 saturated heterocycles. The predicted octanol–water partition coefficient (Wildman–Crippen LogP) is 8.95. The van der Waals surface area contributed by atoms with Crippen molar-refractivity contribution in [1.29, 1.82) is 0 Å². The van der Waals surface area contributed by atoms with Crippen LogP contribution in [0.4, 0.5) is 0 Å². The van der Waals surface area contributed by atoms with E-state index in [9.17, 15) is 0 Å². The van der Waals surface area contributed by atoms with Crippen molar-refractivity contribution in [1.82, 2.24) is 18.9 Å². The molecule has 0 amide bonds. The third kappa shape index (κ3) is 2.85. The number of pyridine rings is 2. The van der Waals surface area contributed by atoms with Crippen LogP contribution in [0.1, 0.15) is 0 Å².